The fourth-order valence-corrected chi connectivity index (χ4v) is 2.80. The lowest BCUT2D eigenvalue weighted by Gasteiger charge is -2.28. The number of ether oxygens (including phenoxy) is 2. The van der Waals surface area contributed by atoms with E-state index in [9.17, 15) is 0 Å². The molecule has 1 aromatic rings. The molecular formula is C16H23NO2. The Morgan fingerprint density at radius 1 is 1.21 bits per heavy atom. The fourth-order valence-electron chi connectivity index (χ4n) is 2.80. The van der Waals surface area contributed by atoms with Crippen LogP contribution in [0.2, 0.25) is 0 Å². The summed E-state index contributed by atoms with van der Waals surface area (Å²) in [6.07, 6.45) is 5.59. The van der Waals surface area contributed by atoms with E-state index in [1.165, 1.54) is 31.2 Å². The molecule has 1 N–H and O–H groups in total. The van der Waals surface area contributed by atoms with Gasteiger partial charge < -0.3 is 14.8 Å². The molecule has 104 valence electrons. The van der Waals surface area contributed by atoms with Crippen molar-refractivity contribution in [2.75, 3.05) is 13.2 Å². The smallest absolute Gasteiger partial charge is 0.161 e. The topological polar surface area (TPSA) is 30.5 Å². The largest absolute Gasteiger partial charge is 0.486 e. The Kier molecular flexibility index (Phi) is 3.92. The SMILES string of the molecule is CC(CC1CCC1)NCc1ccc2c(c1)OCCO2. The van der Waals surface area contributed by atoms with Crippen molar-refractivity contribution in [1.82, 2.24) is 5.32 Å². The first-order chi connectivity index (χ1) is 9.31. The molecule has 0 aromatic heterocycles. The van der Waals surface area contributed by atoms with Gasteiger partial charge in [0.25, 0.3) is 0 Å². The van der Waals surface area contributed by atoms with Gasteiger partial charge in [0.2, 0.25) is 0 Å². The highest BCUT2D eigenvalue weighted by molar-refractivity contribution is 5.43. The maximum Gasteiger partial charge on any atom is 0.161 e. The van der Waals surface area contributed by atoms with Crippen LogP contribution >= 0.6 is 0 Å². The van der Waals surface area contributed by atoms with E-state index in [0.717, 1.165) is 24.0 Å². The third-order valence-corrected chi connectivity index (χ3v) is 4.17. The number of nitrogens with one attached hydrogen (secondary N) is 1. The van der Waals surface area contributed by atoms with Crippen LogP contribution < -0.4 is 14.8 Å². The van der Waals surface area contributed by atoms with Crippen molar-refractivity contribution in [3.8, 4) is 11.5 Å². The Morgan fingerprint density at radius 3 is 2.74 bits per heavy atom. The molecular weight excluding hydrogens is 238 g/mol. The van der Waals surface area contributed by atoms with Crippen LogP contribution in [0.15, 0.2) is 18.2 Å². The molecule has 0 bridgehead atoms. The molecule has 0 radical (unpaired) electrons. The zero-order valence-corrected chi connectivity index (χ0v) is 11.7. The molecule has 3 rings (SSSR count). The van der Waals surface area contributed by atoms with Crippen molar-refractivity contribution in [3.63, 3.8) is 0 Å². The van der Waals surface area contributed by atoms with Gasteiger partial charge in [0.05, 0.1) is 0 Å². The minimum atomic E-state index is 0.596. The van der Waals surface area contributed by atoms with E-state index in [4.69, 9.17) is 9.47 Å². The van der Waals surface area contributed by atoms with Crippen LogP contribution in [0.5, 0.6) is 11.5 Å². The Hall–Kier alpha value is -1.22. The molecule has 0 amide bonds. The Balaban J connectivity index is 1.51. The molecule has 1 aliphatic heterocycles. The highest BCUT2D eigenvalue weighted by atomic mass is 16.6. The lowest BCUT2D eigenvalue weighted by molar-refractivity contribution is 0.171. The third-order valence-electron chi connectivity index (χ3n) is 4.17. The average Bonchev–Trinajstić information content (AvgIpc) is 2.40. The second-order valence-electron chi connectivity index (χ2n) is 5.79. The molecule has 0 saturated heterocycles. The summed E-state index contributed by atoms with van der Waals surface area (Å²) in [5.41, 5.74) is 1.27. The number of fused-ring (bicyclic) bond motifs is 1. The summed E-state index contributed by atoms with van der Waals surface area (Å²) >= 11 is 0. The zero-order valence-electron chi connectivity index (χ0n) is 11.7. The van der Waals surface area contributed by atoms with Crippen LogP contribution in [0.4, 0.5) is 0 Å². The first kappa shape index (κ1) is 12.8. The lowest BCUT2D eigenvalue weighted by Crippen LogP contribution is -2.29. The van der Waals surface area contributed by atoms with E-state index in [0.29, 0.717) is 19.3 Å². The minimum Gasteiger partial charge on any atom is -0.486 e. The van der Waals surface area contributed by atoms with Gasteiger partial charge in [0.1, 0.15) is 13.2 Å². The number of hydrogen-bond acceptors (Lipinski definition) is 3. The van der Waals surface area contributed by atoms with E-state index in [-0.39, 0.29) is 0 Å². The van der Waals surface area contributed by atoms with Crippen molar-refractivity contribution in [1.29, 1.82) is 0 Å². The van der Waals surface area contributed by atoms with Gasteiger partial charge in [-0.05, 0) is 37.0 Å². The summed E-state index contributed by atoms with van der Waals surface area (Å²) in [4.78, 5) is 0. The van der Waals surface area contributed by atoms with Gasteiger partial charge in [0, 0.05) is 12.6 Å². The normalized spacial score (nSPS) is 19.8. The molecule has 3 heteroatoms. The standard InChI is InChI=1S/C16H23NO2/c1-12(9-13-3-2-4-13)17-11-14-5-6-15-16(10-14)19-8-7-18-15/h5-6,10,12-13,17H,2-4,7-9,11H2,1H3. The van der Waals surface area contributed by atoms with Crippen LogP contribution in [0.1, 0.15) is 38.2 Å². The van der Waals surface area contributed by atoms with E-state index in [1.54, 1.807) is 0 Å². The molecule has 1 aliphatic carbocycles. The number of rotatable bonds is 5. The molecule has 1 unspecified atom stereocenters. The van der Waals surface area contributed by atoms with E-state index < -0.39 is 0 Å². The van der Waals surface area contributed by atoms with Crippen LogP contribution in [-0.2, 0) is 6.54 Å². The molecule has 1 heterocycles. The number of hydrogen-bond donors (Lipinski definition) is 1. The van der Waals surface area contributed by atoms with Crippen molar-refractivity contribution in [2.45, 2.75) is 45.2 Å². The highest BCUT2D eigenvalue weighted by Crippen LogP contribution is 2.31. The van der Waals surface area contributed by atoms with Crippen molar-refractivity contribution >= 4 is 0 Å². The van der Waals surface area contributed by atoms with Crippen LogP contribution in [-0.4, -0.2) is 19.3 Å². The average molecular weight is 261 g/mol. The maximum absolute atomic E-state index is 5.61. The van der Waals surface area contributed by atoms with E-state index in [2.05, 4.69) is 24.4 Å². The first-order valence-corrected chi connectivity index (χ1v) is 7.43. The second-order valence-corrected chi connectivity index (χ2v) is 5.79. The van der Waals surface area contributed by atoms with Gasteiger partial charge in [0.15, 0.2) is 11.5 Å². The summed E-state index contributed by atoms with van der Waals surface area (Å²) in [5.74, 6) is 2.72. The van der Waals surface area contributed by atoms with Crippen molar-refractivity contribution in [2.24, 2.45) is 5.92 Å². The molecule has 1 fully saturated rings. The summed E-state index contributed by atoms with van der Waals surface area (Å²) < 4.78 is 11.1. The highest BCUT2D eigenvalue weighted by Gasteiger charge is 2.19. The summed E-state index contributed by atoms with van der Waals surface area (Å²) in [7, 11) is 0. The van der Waals surface area contributed by atoms with Crippen LogP contribution in [0, 0.1) is 5.92 Å². The molecule has 3 nitrogen and oxygen atoms in total. The zero-order chi connectivity index (χ0) is 13.1. The van der Waals surface area contributed by atoms with Gasteiger partial charge in [-0.1, -0.05) is 25.3 Å². The van der Waals surface area contributed by atoms with E-state index in [1.807, 2.05) is 6.07 Å². The minimum absolute atomic E-state index is 0.596. The second kappa shape index (κ2) is 5.83. The van der Waals surface area contributed by atoms with Crippen LogP contribution in [0.3, 0.4) is 0 Å². The Morgan fingerprint density at radius 2 is 2.00 bits per heavy atom. The molecule has 19 heavy (non-hydrogen) atoms. The first-order valence-electron chi connectivity index (χ1n) is 7.43. The molecule has 2 aliphatic rings. The fraction of sp³-hybridized carbons (Fsp3) is 0.625. The number of benzene rings is 1. The van der Waals surface area contributed by atoms with Gasteiger partial charge in [-0.2, -0.15) is 0 Å². The van der Waals surface area contributed by atoms with Crippen molar-refractivity contribution < 1.29 is 9.47 Å². The molecule has 1 atom stereocenters. The van der Waals surface area contributed by atoms with Gasteiger partial charge in [-0.15, -0.1) is 0 Å². The predicted octanol–water partition coefficient (Wildman–Crippen LogP) is 3.13. The van der Waals surface area contributed by atoms with Crippen LogP contribution in [0.25, 0.3) is 0 Å². The van der Waals surface area contributed by atoms with Gasteiger partial charge in [-0.3, -0.25) is 0 Å². The van der Waals surface area contributed by atoms with E-state index >= 15 is 0 Å². The van der Waals surface area contributed by atoms with Gasteiger partial charge in [-0.25, -0.2) is 0 Å². The lowest BCUT2D eigenvalue weighted by atomic mass is 9.81. The Labute approximate surface area is 115 Å². The summed E-state index contributed by atoms with van der Waals surface area (Å²) in [6, 6.07) is 6.83. The molecule has 1 aromatic carbocycles. The molecule has 1 saturated carbocycles. The monoisotopic (exact) mass is 261 g/mol. The maximum atomic E-state index is 5.61. The third kappa shape index (κ3) is 3.21. The molecule has 0 spiro atoms. The summed E-state index contributed by atoms with van der Waals surface area (Å²) in [6.45, 7) is 4.51. The summed E-state index contributed by atoms with van der Waals surface area (Å²) in [5, 5.41) is 3.61. The van der Waals surface area contributed by atoms with Crippen molar-refractivity contribution in [3.05, 3.63) is 23.8 Å². The van der Waals surface area contributed by atoms with Gasteiger partial charge >= 0.3 is 0 Å². The Bertz CT molecular complexity index is 429. The quantitative estimate of drug-likeness (QED) is 0.883. The predicted molar refractivity (Wildman–Crippen MR) is 75.7 cm³/mol.